The third-order valence-corrected chi connectivity index (χ3v) is 2.20. The van der Waals surface area contributed by atoms with Crippen molar-refractivity contribution in [2.45, 2.75) is 39.7 Å². The lowest BCUT2D eigenvalue weighted by Gasteiger charge is -2.22. The van der Waals surface area contributed by atoms with E-state index in [4.69, 9.17) is 5.11 Å². The quantitative estimate of drug-likeness (QED) is 0.638. The van der Waals surface area contributed by atoms with Crippen LogP contribution in [0.1, 0.15) is 33.6 Å². The largest absolute Gasteiger partial charge is 0.396 e. The molecule has 0 unspecified atom stereocenters. The molecule has 0 saturated carbocycles. The Hall–Kier alpha value is -0.0800. The molecule has 0 aromatic carbocycles. The molecule has 3 atom stereocenters. The maximum absolute atomic E-state index is 9.56. The van der Waals surface area contributed by atoms with E-state index in [0.717, 1.165) is 12.8 Å². The van der Waals surface area contributed by atoms with Gasteiger partial charge in [0.05, 0.1) is 6.10 Å². The van der Waals surface area contributed by atoms with Crippen LogP contribution in [0.5, 0.6) is 0 Å². The van der Waals surface area contributed by atoms with E-state index in [0.29, 0.717) is 5.92 Å². The van der Waals surface area contributed by atoms with Gasteiger partial charge in [-0.15, -0.1) is 0 Å². The SMILES string of the molecule is CCC[C@@H](C)[C@H](O)[C@H](C)CO. The van der Waals surface area contributed by atoms with Crippen LogP contribution in [-0.2, 0) is 0 Å². The summed E-state index contributed by atoms with van der Waals surface area (Å²) >= 11 is 0. The van der Waals surface area contributed by atoms with Gasteiger partial charge in [0.1, 0.15) is 0 Å². The van der Waals surface area contributed by atoms with E-state index < -0.39 is 0 Å². The molecular formula is C9H20O2. The molecule has 0 aliphatic rings. The summed E-state index contributed by atoms with van der Waals surface area (Å²) in [7, 11) is 0. The van der Waals surface area contributed by atoms with Crippen LogP contribution in [0.2, 0.25) is 0 Å². The Bertz CT molecular complexity index is 93.6. The number of aliphatic hydroxyl groups excluding tert-OH is 2. The molecule has 0 bridgehead atoms. The Morgan fingerprint density at radius 1 is 1.18 bits per heavy atom. The zero-order chi connectivity index (χ0) is 8.85. The minimum absolute atomic E-state index is 0.0107. The van der Waals surface area contributed by atoms with Crippen molar-refractivity contribution in [3.05, 3.63) is 0 Å². The fourth-order valence-corrected chi connectivity index (χ4v) is 1.29. The zero-order valence-corrected chi connectivity index (χ0v) is 7.75. The highest BCUT2D eigenvalue weighted by molar-refractivity contribution is 4.69. The summed E-state index contributed by atoms with van der Waals surface area (Å²) in [6.45, 7) is 6.08. The summed E-state index contributed by atoms with van der Waals surface area (Å²) in [4.78, 5) is 0. The maximum atomic E-state index is 9.56. The highest BCUT2D eigenvalue weighted by Crippen LogP contribution is 2.16. The van der Waals surface area contributed by atoms with Crippen LogP contribution >= 0.6 is 0 Å². The zero-order valence-electron chi connectivity index (χ0n) is 7.75. The van der Waals surface area contributed by atoms with Gasteiger partial charge in [0.15, 0.2) is 0 Å². The van der Waals surface area contributed by atoms with Gasteiger partial charge in [-0.25, -0.2) is 0 Å². The summed E-state index contributed by atoms with van der Waals surface area (Å²) in [5.74, 6) is 0.318. The van der Waals surface area contributed by atoms with Gasteiger partial charge in [-0.05, 0) is 12.3 Å². The van der Waals surface area contributed by atoms with E-state index >= 15 is 0 Å². The van der Waals surface area contributed by atoms with E-state index in [9.17, 15) is 5.11 Å². The summed E-state index contributed by atoms with van der Waals surface area (Å²) in [6.07, 6.45) is 1.78. The van der Waals surface area contributed by atoms with E-state index in [1.54, 1.807) is 0 Å². The molecule has 68 valence electrons. The predicted octanol–water partition coefficient (Wildman–Crippen LogP) is 1.41. The van der Waals surface area contributed by atoms with E-state index in [-0.39, 0.29) is 18.6 Å². The van der Waals surface area contributed by atoms with Gasteiger partial charge in [-0.3, -0.25) is 0 Å². The predicted molar refractivity (Wildman–Crippen MR) is 46.3 cm³/mol. The lowest BCUT2D eigenvalue weighted by atomic mass is 9.91. The van der Waals surface area contributed by atoms with Crippen LogP contribution < -0.4 is 0 Å². The molecule has 2 N–H and O–H groups in total. The topological polar surface area (TPSA) is 40.5 Å². The van der Waals surface area contributed by atoms with Crippen LogP contribution in [0.15, 0.2) is 0 Å². The van der Waals surface area contributed by atoms with Crippen molar-refractivity contribution in [3.63, 3.8) is 0 Å². The normalized spacial score (nSPS) is 19.4. The second-order valence-electron chi connectivity index (χ2n) is 3.42. The van der Waals surface area contributed by atoms with Crippen LogP contribution in [0.25, 0.3) is 0 Å². The highest BCUT2D eigenvalue weighted by atomic mass is 16.3. The molecule has 0 aromatic rings. The molecule has 2 heteroatoms. The molecular weight excluding hydrogens is 140 g/mol. The standard InChI is InChI=1S/C9H20O2/c1-4-5-7(2)9(11)8(3)6-10/h7-11H,4-6H2,1-3H3/t7-,8-,9+/m1/s1. The van der Waals surface area contributed by atoms with Crippen molar-refractivity contribution in [2.24, 2.45) is 11.8 Å². The molecule has 0 fully saturated rings. The monoisotopic (exact) mass is 160 g/mol. The Morgan fingerprint density at radius 3 is 2.09 bits per heavy atom. The molecule has 0 amide bonds. The number of aliphatic hydroxyl groups is 2. The first-order chi connectivity index (χ1) is 5.13. The number of rotatable bonds is 5. The fraction of sp³-hybridized carbons (Fsp3) is 1.00. The first-order valence-electron chi connectivity index (χ1n) is 4.42. The van der Waals surface area contributed by atoms with E-state index in [2.05, 4.69) is 6.92 Å². The summed E-state index contributed by atoms with van der Waals surface area (Å²) < 4.78 is 0. The van der Waals surface area contributed by atoms with Crippen LogP contribution in [0, 0.1) is 11.8 Å². The van der Waals surface area contributed by atoms with Gasteiger partial charge in [-0.2, -0.15) is 0 Å². The minimum atomic E-state index is -0.347. The molecule has 0 radical (unpaired) electrons. The molecule has 0 spiro atoms. The Morgan fingerprint density at radius 2 is 1.73 bits per heavy atom. The van der Waals surface area contributed by atoms with Gasteiger partial charge in [0, 0.05) is 12.5 Å². The van der Waals surface area contributed by atoms with Gasteiger partial charge in [0.25, 0.3) is 0 Å². The maximum Gasteiger partial charge on any atom is 0.0613 e. The average molecular weight is 160 g/mol. The van der Waals surface area contributed by atoms with Gasteiger partial charge in [0.2, 0.25) is 0 Å². The summed E-state index contributed by atoms with van der Waals surface area (Å²) in [5.41, 5.74) is 0. The van der Waals surface area contributed by atoms with Gasteiger partial charge >= 0.3 is 0 Å². The highest BCUT2D eigenvalue weighted by Gasteiger charge is 2.19. The molecule has 0 aliphatic heterocycles. The molecule has 0 aromatic heterocycles. The first-order valence-corrected chi connectivity index (χ1v) is 4.42. The summed E-state index contributed by atoms with van der Waals surface area (Å²) in [6, 6.07) is 0. The second kappa shape index (κ2) is 5.56. The van der Waals surface area contributed by atoms with Crippen LogP contribution in [0.4, 0.5) is 0 Å². The van der Waals surface area contributed by atoms with Gasteiger partial charge in [-0.1, -0.05) is 27.2 Å². The molecule has 0 aliphatic carbocycles. The third-order valence-electron chi connectivity index (χ3n) is 2.20. The fourth-order valence-electron chi connectivity index (χ4n) is 1.29. The van der Waals surface area contributed by atoms with Crippen molar-refractivity contribution in [1.82, 2.24) is 0 Å². The van der Waals surface area contributed by atoms with Crippen molar-refractivity contribution >= 4 is 0 Å². The average Bonchev–Trinajstić information content (AvgIpc) is 2.02. The van der Waals surface area contributed by atoms with E-state index in [1.807, 2.05) is 13.8 Å². The molecule has 0 saturated heterocycles. The van der Waals surface area contributed by atoms with Crippen molar-refractivity contribution in [2.75, 3.05) is 6.61 Å². The Balaban J connectivity index is 3.70. The lowest BCUT2D eigenvalue weighted by molar-refractivity contribution is 0.0337. The smallest absolute Gasteiger partial charge is 0.0613 e. The minimum Gasteiger partial charge on any atom is -0.396 e. The number of hydrogen-bond donors (Lipinski definition) is 2. The van der Waals surface area contributed by atoms with Crippen molar-refractivity contribution in [1.29, 1.82) is 0 Å². The third kappa shape index (κ3) is 3.73. The lowest BCUT2D eigenvalue weighted by Crippen LogP contribution is -2.27. The Labute approximate surface area is 69.2 Å². The van der Waals surface area contributed by atoms with Gasteiger partial charge < -0.3 is 10.2 Å². The second-order valence-corrected chi connectivity index (χ2v) is 3.42. The Kier molecular flexibility index (Phi) is 5.51. The molecule has 0 rings (SSSR count). The van der Waals surface area contributed by atoms with Crippen molar-refractivity contribution < 1.29 is 10.2 Å². The van der Waals surface area contributed by atoms with Crippen molar-refractivity contribution in [3.8, 4) is 0 Å². The number of hydrogen-bond acceptors (Lipinski definition) is 2. The first kappa shape index (κ1) is 10.9. The molecule has 2 nitrogen and oxygen atoms in total. The van der Waals surface area contributed by atoms with Crippen LogP contribution in [0.3, 0.4) is 0 Å². The molecule has 0 heterocycles. The molecule has 11 heavy (non-hydrogen) atoms. The summed E-state index contributed by atoms with van der Waals surface area (Å²) in [5, 5.41) is 18.3. The van der Waals surface area contributed by atoms with Crippen LogP contribution in [-0.4, -0.2) is 22.9 Å². The van der Waals surface area contributed by atoms with E-state index in [1.165, 1.54) is 0 Å².